The van der Waals surface area contributed by atoms with Gasteiger partial charge < -0.3 is 5.11 Å². The summed E-state index contributed by atoms with van der Waals surface area (Å²) in [5.41, 5.74) is 3.00. The zero-order chi connectivity index (χ0) is 17.5. The molecule has 1 aromatic rings. The molecule has 2 aliphatic carbocycles. The molecule has 0 bridgehead atoms. The van der Waals surface area contributed by atoms with E-state index < -0.39 is 0 Å². The maximum atomic E-state index is 10.1. The van der Waals surface area contributed by atoms with E-state index in [1.165, 1.54) is 95.5 Å². The summed E-state index contributed by atoms with van der Waals surface area (Å²) in [6, 6.07) is 6.22. The smallest absolute Gasteiger partial charge is 0.115 e. The van der Waals surface area contributed by atoms with E-state index in [0.29, 0.717) is 5.75 Å². The van der Waals surface area contributed by atoms with Gasteiger partial charge in [-0.3, -0.25) is 0 Å². The summed E-state index contributed by atoms with van der Waals surface area (Å²) in [6.45, 7) is 2.34. The minimum absolute atomic E-state index is 0.458. The molecule has 1 unspecified atom stereocenters. The van der Waals surface area contributed by atoms with Crippen molar-refractivity contribution in [3.8, 4) is 5.75 Å². The Morgan fingerprint density at radius 3 is 2.28 bits per heavy atom. The molecule has 0 saturated heterocycles. The molecule has 0 aromatic heterocycles. The zero-order valence-electron chi connectivity index (χ0n) is 16.3. The van der Waals surface area contributed by atoms with E-state index in [1.54, 1.807) is 5.56 Å². The lowest BCUT2D eigenvalue weighted by Gasteiger charge is -2.31. The number of hydrogen-bond donors (Lipinski definition) is 1. The molecule has 25 heavy (non-hydrogen) atoms. The summed E-state index contributed by atoms with van der Waals surface area (Å²) in [6.07, 6.45) is 19.3. The maximum absolute atomic E-state index is 10.1. The molecule has 0 aliphatic heterocycles. The first-order valence-electron chi connectivity index (χ1n) is 11.1. The second-order valence-corrected chi connectivity index (χ2v) is 8.70. The predicted octanol–water partition coefficient (Wildman–Crippen LogP) is 7.37. The molecule has 1 atom stereocenters. The van der Waals surface area contributed by atoms with Crippen molar-refractivity contribution in [3.05, 3.63) is 29.3 Å². The number of rotatable bonds is 7. The fourth-order valence-corrected chi connectivity index (χ4v) is 5.55. The minimum atomic E-state index is 0.458. The van der Waals surface area contributed by atoms with Crippen LogP contribution in [0.25, 0.3) is 0 Å². The first-order chi connectivity index (χ1) is 12.3. The van der Waals surface area contributed by atoms with E-state index in [4.69, 9.17) is 0 Å². The molecule has 0 spiro atoms. The van der Waals surface area contributed by atoms with Crippen LogP contribution in [0.1, 0.15) is 107 Å². The van der Waals surface area contributed by atoms with Crippen molar-refractivity contribution >= 4 is 0 Å². The van der Waals surface area contributed by atoms with Crippen molar-refractivity contribution in [1.82, 2.24) is 0 Å². The molecule has 0 heterocycles. The molecule has 1 nitrogen and oxygen atoms in total. The van der Waals surface area contributed by atoms with Gasteiger partial charge in [0.1, 0.15) is 5.75 Å². The van der Waals surface area contributed by atoms with Gasteiger partial charge >= 0.3 is 0 Å². The molecule has 2 fully saturated rings. The van der Waals surface area contributed by atoms with Crippen LogP contribution >= 0.6 is 0 Å². The number of benzene rings is 1. The highest BCUT2D eigenvalue weighted by Gasteiger charge is 2.24. The van der Waals surface area contributed by atoms with Gasteiger partial charge in [0.25, 0.3) is 0 Å². The molecule has 2 saturated carbocycles. The highest BCUT2D eigenvalue weighted by Crippen LogP contribution is 2.38. The normalized spacial score (nSPS) is 21.3. The highest BCUT2D eigenvalue weighted by atomic mass is 16.3. The van der Waals surface area contributed by atoms with Gasteiger partial charge in [0.15, 0.2) is 0 Å². The maximum Gasteiger partial charge on any atom is 0.115 e. The first kappa shape index (κ1) is 18.8. The molecule has 1 heteroatoms. The Balaban J connectivity index is 1.68. The van der Waals surface area contributed by atoms with Gasteiger partial charge in [-0.25, -0.2) is 0 Å². The third-order valence-electron chi connectivity index (χ3n) is 6.93. The fraction of sp³-hybridized carbons (Fsp3) is 0.750. The summed E-state index contributed by atoms with van der Waals surface area (Å²) in [4.78, 5) is 0. The van der Waals surface area contributed by atoms with Crippen LogP contribution in [0.4, 0.5) is 0 Å². The number of phenolic OH excluding ortho intramolecular Hbond substituents is 1. The van der Waals surface area contributed by atoms with Crippen molar-refractivity contribution in [1.29, 1.82) is 0 Å². The van der Waals surface area contributed by atoms with Crippen molar-refractivity contribution in [3.63, 3.8) is 0 Å². The van der Waals surface area contributed by atoms with Crippen LogP contribution < -0.4 is 0 Å². The Hall–Kier alpha value is -0.980. The van der Waals surface area contributed by atoms with Gasteiger partial charge in [0.2, 0.25) is 0 Å². The van der Waals surface area contributed by atoms with E-state index in [2.05, 4.69) is 19.1 Å². The topological polar surface area (TPSA) is 20.2 Å². The van der Waals surface area contributed by atoms with E-state index in [9.17, 15) is 5.11 Å². The van der Waals surface area contributed by atoms with Gasteiger partial charge in [-0.15, -0.1) is 0 Å². The Bertz CT molecular complexity index is 509. The lowest BCUT2D eigenvalue weighted by atomic mass is 9.75. The summed E-state index contributed by atoms with van der Waals surface area (Å²) in [5, 5.41) is 10.1. The Kier molecular flexibility index (Phi) is 7.25. The van der Waals surface area contributed by atoms with Crippen LogP contribution in [-0.4, -0.2) is 5.11 Å². The third-order valence-corrected chi connectivity index (χ3v) is 6.93. The van der Waals surface area contributed by atoms with Gasteiger partial charge in [-0.05, 0) is 66.7 Å². The quantitative estimate of drug-likeness (QED) is 0.548. The van der Waals surface area contributed by atoms with Crippen LogP contribution in [0.5, 0.6) is 5.75 Å². The number of phenols is 1. The predicted molar refractivity (Wildman–Crippen MR) is 107 cm³/mol. The van der Waals surface area contributed by atoms with Crippen molar-refractivity contribution in [2.45, 2.75) is 103 Å². The van der Waals surface area contributed by atoms with Crippen molar-refractivity contribution in [2.75, 3.05) is 0 Å². The molecular formula is C24H38O. The lowest BCUT2D eigenvalue weighted by molar-refractivity contribution is 0.223. The lowest BCUT2D eigenvalue weighted by Crippen LogP contribution is -2.19. The molecule has 3 rings (SSSR count). The van der Waals surface area contributed by atoms with Crippen LogP contribution in [-0.2, 0) is 6.42 Å². The molecule has 2 aliphatic rings. The summed E-state index contributed by atoms with van der Waals surface area (Å²) >= 11 is 0. The Morgan fingerprint density at radius 2 is 1.60 bits per heavy atom. The Labute approximate surface area is 155 Å². The van der Waals surface area contributed by atoms with Gasteiger partial charge in [-0.1, -0.05) is 77.2 Å². The van der Waals surface area contributed by atoms with Gasteiger partial charge in [-0.2, -0.15) is 0 Å². The standard InChI is InChI=1S/C24H38O/c1-2-9-19(20-10-5-3-6-11-20)14-15-22-18-23(25)16-17-24(22)21-12-7-4-8-13-21/h16-21,25H,2-15H2,1H3. The van der Waals surface area contributed by atoms with Crippen LogP contribution in [0.3, 0.4) is 0 Å². The fourth-order valence-electron chi connectivity index (χ4n) is 5.55. The zero-order valence-corrected chi connectivity index (χ0v) is 16.3. The minimum Gasteiger partial charge on any atom is -0.508 e. The van der Waals surface area contributed by atoms with E-state index in [-0.39, 0.29) is 0 Å². The second kappa shape index (κ2) is 9.64. The third kappa shape index (κ3) is 5.25. The van der Waals surface area contributed by atoms with E-state index in [0.717, 1.165) is 17.8 Å². The number of aromatic hydroxyl groups is 1. The van der Waals surface area contributed by atoms with E-state index >= 15 is 0 Å². The van der Waals surface area contributed by atoms with Gasteiger partial charge in [0.05, 0.1) is 0 Å². The molecule has 1 N–H and O–H groups in total. The SMILES string of the molecule is CCCC(CCc1cc(O)ccc1C1CCCCC1)C1CCCCC1. The van der Waals surface area contributed by atoms with Gasteiger partial charge in [0, 0.05) is 0 Å². The van der Waals surface area contributed by atoms with Crippen LogP contribution in [0.2, 0.25) is 0 Å². The monoisotopic (exact) mass is 342 g/mol. The number of hydrogen-bond acceptors (Lipinski definition) is 1. The summed E-state index contributed by atoms with van der Waals surface area (Å²) in [7, 11) is 0. The molecule has 0 radical (unpaired) electrons. The Morgan fingerprint density at radius 1 is 0.920 bits per heavy atom. The van der Waals surface area contributed by atoms with Crippen molar-refractivity contribution < 1.29 is 5.11 Å². The molecule has 1 aromatic carbocycles. The van der Waals surface area contributed by atoms with Crippen LogP contribution in [0.15, 0.2) is 18.2 Å². The number of aryl methyl sites for hydroxylation is 1. The first-order valence-corrected chi connectivity index (χ1v) is 11.1. The highest BCUT2D eigenvalue weighted by molar-refractivity contribution is 5.37. The van der Waals surface area contributed by atoms with E-state index in [1.807, 2.05) is 6.07 Å². The molecule has 140 valence electrons. The summed E-state index contributed by atoms with van der Waals surface area (Å²) < 4.78 is 0. The second-order valence-electron chi connectivity index (χ2n) is 8.70. The molecular weight excluding hydrogens is 304 g/mol. The van der Waals surface area contributed by atoms with Crippen LogP contribution in [0, 0.1) is 11.8 Å². The largest absolute Gasteiger partial charge is 0.508 e. The average molecular weight is 343 g/mol. The van der Waals surface area contributed by atoms with Crippen molar-refractivity contribution in [2.24, 2.45) is 11.8 Å². The molecule has 0 amide bonds. The average Bonchev–Trinajstić information content (AvgIpc) is 2.66. The summed E-state index contributed by atoms with van der Waals surface area (Å²) in [5.74, 6) is 3.05.